The van der Waals surface area contributed by atoms with Crippen molar-refractivity contribution in [3.05, 3.63) is 22.7 Å². The molecule has 0 spiro atoms. The number of nitrogens with zero attached hydrogens (tertiary/aromatic N) is 1. The predicted molar refractivity (Wildman–Crippen MR) is 105 cm³/mol. The van der Waals surface area contributed by atoms with Crippen LogP contribution in [-0.4, -0.2) is 23.0 Å². The highest BCUT2D eigenvalue weighted by molar-refractivity contribution is 7.19. The zero-order chi connectivity index (χ0) is 18.1. The number of carbonyl (C=O) groups is 1. The van der Waals surface area contributed by atoms with Crippen LogP contribution in [0.2, 0.25) is 0 Å². The molecule has 4 N–H and O–H groups in total. The molecule has 0 bridgehead atoms. The molecule has 2 aromatic rings. The summed E-state index contributed by atoms with van der Waals surface area (Å²) in [6.45, 7) is 0. The van der Waals surface area contributed by atoms with Gasteiger partial charge in [0.1, 0.15) is 6.10 Å². The van der Waals surface area contributed by atoms with Gasteiger partial charge in [-0.15, -0.1) is 11.3 Å². The first kappa shape index (κ1) is 17.7. The Hall–Kier alpha value is -1.66. The molecule has 0 radical (unpaired) electrons. The van der Waals surface area contributed by atoms with Crippen molar-refractivity contribution in [2.45, 2.75) is 75.9 Å². The van der Waals surface area contributed by atoms with Crippen LogP contribution in [0.4, 0.5) is 0 Å². The third-order valence-electron chi connectivity index (χ3n) is 5.78. The van der Waals surface area contributed by atoms with Gasteiger partial charge in [0.2, 0.25) is 11.8 Å². The second kappa shape index (κ2) is 7.53. The first-order valence-corrected chi connectivity index (χ1v) is 10.5. The summed E-state index contributed by atoms with van der Waals surface area (Å²) >= 11 is 1.86. The van der Waals surface area contributed by atoms with Crippen LogP contribution in [0.5, 0.6) is 5.88 Å². The maximum absolute atomic E-state index is 11.3. The van der Waals surface area contributed by atoms with Crippen LogP contribution in [-0.2, 0) is 11.2 Å². The molecule has 5 nitrogen and oxygen atoms in total. The van der Waals surface area contributed by atoms with E-state index in [1.807, 2.05) is 17.5 Å². The monoisotopic (exact) mass is 373 g/mol. The van der Waals surface area contributed by atoms with Gasteiger partial charge in [0.25, 0.3) is 0 Å². The minimum absolute atomic E-state index is 0.205. The zero-order valence-corrected chi connectivity index (χ0v) is 15.9. The van der Waals surface area contributed by atoms with Crippen LogP contribution in [0.25, 0.3) is 10.1 Å². The Labute approximate surface area is 158 Å². The summed E-state index contributed by atoms with van der Waals surface area (Å²) in [7, 11) is 0. The van der Waals surface area contributed by atoms with Crippen molar-refractivity contribution in [3.8, 4) is 5.88 Å². The fourth-order valence-corrected chi connectivity index (χ4v) is 5.73. The highest BCUT2D eigenvalue weighted by Crippen LogP contribution is 2.47. The van der Waals surface area contributed by atoms with Gasteiger partial charge in [-0.1, -0.05) is 0 Å². The highest BCUT2D eigenvalue weighted by atomic mass is 32.1. The van der Waals surface area contributed by atoms with Gasteiger partial charge >= 0.3 is 0 Å². The molecule has 26 heavy (non-hydrogen) atoms. The molecule has 1 amide bonds. The van der Waals surface area contributed by atoms with Crippen molar-refractivity contribution in [2.75, 3.05) is 0 Å². The minimum atomic E-state index is -0.218. The lowest BCUT2D eigenvalue weighted by Crippen LogP contribution is -2.31. The van der Waals surface area contributed by atoms with E-state index in [9.17, 15) is 4.79 Å². The van der Waals surface area contributed by atoms with Crippen molar-refractivity contribution >= 4 is 27.3 Å². The summed E-state index contributed by atoms with van der Waals surface area (Å²) in [6.07, 6.45) is 10.7. The minimum Gasteiger partial charge on any atom is -0.474 e. The van der Waals surface area contributed by atoms with E-state index in [0.717, 1.165) is 50.8 Å². The maximum Gasteiger partial charge on any atom is 0.222 e. The van der Waals surface area contributed by atoms with E-state index >= 15 is 0 Å². The molecular formula is C20H27N3O2S. The van der Waals surface area contributed by atoms with Gasteiger partial charge in [-0.05, 0) is 68.9 Å². The molecule has 6 heteroatoms. The third-order valence-corrected chi connectivity index (χ3v) is 7.01. The highest BCUT2D eigenvalue weighted by Gasteiger charge is 2.29. The van der Waals surface area contributed by atoms with Crippen LogP contribution >= 0.6 is 11.3 Å². The first-order valence-electron chi connectivity index (χ1n) is 9.72. The van der Waals surface area contributed by atoms with Gasteiger partial charge in [-0.25, -0.2) is 4.98 Å². The molecule has 0 saturated heterocycles. The second-order valence-electron chi connectivity index (χ2n) is 7.68. The first-order chi connectivity index (χ1) is 12.6. The van der Waals surface area contributed by atoms with E-state index in [0.29, 0.717) is 18.4 Å². The van der Waals surface area contributed by atoms with Crippen LogP contribution in [0.15, 0.2) is 12.3 Å². The number of primary amides is 1. The Morgan fingerprint density at radius 2 is 2.08 bits per heavy atom. The van der Waals surface area contributed by atoms with Crippen molar-refractivity contribution in [3.63, 3.8) is 0 Å². The van der Waals surface area contributed by atoms with Crippen molar-refractivity contribution in [2.24, 2.45) is 11.5 Å². The summed E-state index contributed by atoms with van der Waals surface area (Å²) < 4.78 is 7.61. The number of fused-ring (bicyclic) bond motifs is 3. The molecule has 2 aliphatic rings. The van der Waals surface area contributed by atoms with Gasteiger partial charge < -0.3 is 16.2 Å². The number of pyridine rings is 1. The summed E-state index contributed by atoms with van der Waals surface area (Å²) in [5, 5.41) is 1.18. The molecule has 140 valence electrons. The van der Waals surface area contributed by atoms with E-state index < -0.39 is 0 Å². The molecule has 0 aromatic carbocycles. The van der Waals surface area contributed by atoms with Crippen molar-refractivity contribution < 1.29 is 9.53 Å². The molecule has 2 aliphatic carbocycles. The predicted octanol–water partition coefficient (Wildman–Crippen LogP) is 3.63. The Balaban J connectivity index is 1.66. The Morgan fingerprint density at radius 3 is 2.85 bits per heavy atom. The Bertz CT molecular complexity index is 796. The fraction of sp³-hybridized carbons (Fsp3) is 0.600. The number of hydrogen-bond acceptors (Lipinski definition) is 5. The quantitative estimate of drug-likeness (QED) is 0.837. The normalized spacial score (nSPS) is 25.8. The average molecular weight is 374 g/mol. The standard InChI is InChI=1S/C20H27N3O2S/c21-13-5-7-14(8-6-13)25-20-19-16(10-11-23-20)26-15-3-1-2-12(18(15)19)4-9-17(22)24/h10-14H,1-9,21H2,(H2,22,24)/t12-,13-,14-/m0/s1. The van der Waals surface area contributed by atoms with Crippen LogP contribution in [0, 0.1) is 0 Å². The second-order valence-corrected chi connectivity index (χ2v) is 8.81. The summed E-state index contributed by atoms with van der Waals surface area (Å²) in [5.74, 6) is 0.933. The van der Waals surface area contributed by atoms with E-state index in [-0.39, 0.29) is 12.0 Å². The van der Waals surface area contributed by atoms with E-state index in [1.54, 1.807) is 0 Å². The van der Waals surface area contributed by atoms with Gasteiger partial charge in [0.15, 0.2) is 0 Å². The van der Waals surface area contributed by atoms with Crippen LogP contribution in [0.1, 0.15) is 67.7 Å². The number of hydrogen-bond donors (Lipinski definition) is 2. The molecule has 0 aliphatic heterocycles. The lowest BCUT2D eigenvalue weighted by atomic mass is 9.83. The summed E-state index contributed by atoms with van der Waals surface area (Å²) in [5.41, 5.74) is 12.8. The molecule has 4 rings (SSSR count). The van der Waals surface area contributed by atoms with Gasteiger partial charge in [0.05, 0.1) is 5.39 Å². The number of ether oxygens (including phenoxy) is 1. The van der Waals surface area contributed by atoms with Crippen molar-refractivity contribution in [1.82, 2.24) is 4.98 Å². The molecular weight excluding hydrogens is 346 g/mol. The van der Waals surface area contributed by atoms with E-state index in [1.165, 1.54) is 26.9 Å². The molecule has 1 atom stereocenters. The topological polar surface area (TPSA) is 91.2 Å². The fourth-order valence-electron chi connectivity index (χ4n) is 4.42. The average Bonchev–Trinajstić information content (AvgIpc) is 3.02. The third kappa shape index (κ3) is 3.58. The van der Waals surface area contributed by atoms with E-state index in [4.69, 9.17) is 16.2 Å². The molecule has 0 unspecified atom stereocenters. The van der Waals surface area contributed by atoms with Crippen LogP contribution in [0.3, 0.4) is 0 Å². The lowest BCUT2D eigenvalue weighted by Gasteiger charge is -2.27. The molecule has 2 heterocycles. The molecule has 1 fully saturated rings. The zero-order valence-electron chi connectivity index (χ0n) is 15.1. The number of rotatable bonds is 5. The maximum atomic E-state index is 11.3. The van der Waals surface area contributed by atoms with Gasteiger partial charge in [-0.3, -0.25) is 4.79 Å². The van der Waals surface area contributed by atoms with Gasteiger partial charge in [0, 0.05) is 28.2 Å². The van der Waals surface area contributed by atoms with E-state index in [2.05, 4.69) is 11.1 Å². The SMILES string of the molecule is NC(=O)CC[C@@H]1CCCc2sc3ccnc(O[C@H]4CC[C@H](N)CC4)c3c21. The number of thiophene rings is 1. The number of aryl methyl sites for hydroxylation is 1. The molecule has 2 aromatic heterocycles. The summed E-state index contributed by atoms with van der Waals surface area (Å²) in [6, 6.07) is 2.40. The lowest BCUT2D eigenvalue weighted by molar-refractivity contribution is -0.118. The molecule has 1 saturated carbocycles. The Kier molecular flexibility index (Phi) is 5.14. The number of nitrogens with two attached hydrogens (primary N) is 2. The number of amides is 1. The Morgan fingerprint density at radius 1 is 1.27 bits per heavy atom. The van der Waals surface area contributed by atoms with Crippen LogP contribution < -0.4 is 16.2 Å². The smallest absolute Gasteiger partial charge is 0.222 e. The summed E-state index contributed by atoms with van der Waals surface area (Å²) in [4.78, 5) is 17.3. The number of carbonyl (C=O) groups excluding carboxylic acids is 1. The number of aromatic nitrogens is 1. The van der Waals surface area contributed by atoms with Crippen molar-refractivity contribution in [1.29, 1.82) is 0 Å². The largest absolute Gasteiger partial charge is 0.474 e. The van der Waals surface area contributed by atoms with Gasteiger partial charge in [-0.2, -0.15) is 0 Å².